The van der Waals surface area contributed by atoms with E-state index in [2.05, 4.69) is 28.5 Å². The molecule has 4 N–H and O–H groups in total. The van der Waals surface area contributed by atoms with Crippen molar-refractivity contribution in [1.82, 2.24) is 9.55 Å². The van der Waals surface area contributed by atoms with E-state index in [0.717, 1.165) is 43.3 Å². The fraction of sp³-hybridized carbons (Fsp3) is 0.500. The molecule has 2 amide bonds. The van der Waals surface area contributed by atoms with Crippen LogP contribution < -0.4 is 16.4 Å². The lowest BCUT2D eigenvalue weighted by Gasteiger charge is -2.15. The number of ether oxygens (including phenoxy) is 2. The van der Waals surface area contributed by atoms with Gasteiger partial charge in [-0.3, -0.25) is 10.1 Å². The first-order valence-corrected chi connectivity index (χ1v) is 14.2. The molecule has 2 heterocycles. The van der Waals surface area contributed by atoms with Crippen molar-refractivity contribution in [1.29, 1.82) is 0 Å². The van der Waals surface area contributed by atoms with Crippen molar-refractivity contribution in [2.24, 2.45) is 5.73 Å². The molecule has 10 heteroatoms. The van der Waals surface area contributed by atoms with Crippen LogP contribution >= 0.6 is 0 Å². The number of benzene rings is 1. The molecule has 0 unspecified atom stereocenters. The smallest absolute Gasteiger partial charge is 0.411 e. The molecular formula is C22H33N5O4Si. The summed E-state index contributed by atoms with van der Waals surface area (Å²) in [5, 5.41) is 5.60. The van der Waals surface area contributed by atoms with Gasteiger partial charge in [-0.1, -0.05) is 19.5 Å². The predicted molar refractivity (Wildman–Crippen MR) is 127 cm³/mol. The number of imidazole rings is 1. The summed E-state index contributed by atoms with van der Waals surface area (Å²) >= 11 is 0. The van der Waals surface area contributed by atoms with Gasteiger partial charge in [-0.2, -0.15) is 0 Å². The van der Waals surface area contributed by atoms with Crippen LogP contribution in [-0.4, -0.2) is 44.1 Å². The maximum absolute atomic E-state index is 12.5. The lowest BCUT2D eigenvalue weighted by Crippen LogP contribution is -2.19. The number of nitrogens with zero attached hydrogens (tertiary/aromatic N) is 2. The van der Waals surface area contributed by atoms with Crippen molar-refractivity contribution in [3.8, 4) is 11.3 Å². The van der Waals surface area contributed by atoms with Crippen LogP contribution in [0.15, 0.2) is 24.4 Å². The third-order valence-corrected chi connectivity index (χ3v) is 6.77. The van der Waals surface area contributed by atoms with Crippen LogP contribution in [0, 0.1) is 0 Å². The van der Waals surface area contributed by atoms with Crippen molar-refractivity contribution in [2.45, 2.75) is 57.6 Å². The van der Waals surface area contributed by atoms with E-state index in [0.29, 0.717) is 30.2 Å². The molecule has 2 bridgehead atoms. The zero-order chi connectivity index (χ0) is 23.1. The molecule has 0 radical (unpaired) electrons. The maximum atomic E-state index is 12.5. The molecular weight excluding hydrogens is 426 g/mol. The summed E-state index contributed by atoms with van der Waals surface area (Å²) in [4.78, 5) is 28.9. The SMILES string of the molecule is COC(=O)Nc1ccc2c(c1)NC(=O)CCCC[C@H](N)c1nc-2cn1COCC[SiH](C)C. The molecule has 1 aliphatic heterocycles. The van der Waals surface area contributed by atoms with Crippen molar-refractivity contribution >= 4 is 32.2 Å². The van der Waals surface area contributed by atoms with Crippen molar-refractivity contribution in [3.63, 3.8) is 0 Å². The second-order valence-electron chi connectivity index (χ2n) is 8.45. The number of nitrogens with one attached hydrogen (secondary N) is 2. The molecule has 0 saturated carbocycles. The van der Waals surface area contributed by atoms with E-state index in [4.69, 9.17) is 15.5 Å². The number of methoxy groups -OCH3 is 1. The largest absolute Gasteiger partial charge is 0.453 e. The van der Waals surface area contributed by atoms with Crippen molar-refractivity contribution in [2.75, 3.05) is 24.4 Å². The van der Waals surface area contributed by atoms with Gasteiger partial charge in [0.1, 0.15) is 12.6 Å². The molecule has 1 atom stereocenters. The Balaban J connectivity index is 1.96. The molecule has 2 aromatic rings. The normalized spacial score (nSPS) is 16.5. The topological polar surface area (TPSA) is 121 Å². The Morgan fingerprint density at radius 3 is 2.94 bits per heavy atom. The number of hydrogen-bond donors (Lipinski definition) is 3. The third kappa shape index (κ3) is 6.41. The van der Waals surface area contributed by atoms with E-state index >= 15 is 0 Å². The third-order valence-electron chi connectivity index (χ3n) is 5.38. The van der Waals surface area contributed by atoms with E-state index in [1.54, 1.807) is 12.1 Å². The summed E-state index contributed by atoms with van der Waals surface area (Å²) in [6, 6.07) is 6.15. The van der Waals surface area contributed by atoms with Crippen LogP contribution in [-0.2, 0) is 21.0 Å². The molecule has 9 nitrogen and oxygen atoms in total. The summed E-state index contributed by atoms with van der Waals surface area (Å²) in [6.45, 7) is 5.72. The minimum absolute atomic E-state index is 0.0866. The van der Waals surface area contributed by atoms with Crippen LogP contribution in [0.1, 0.15) is 37.5 Å². The number of rotatable bonds is 6. The summed E-state index contributed by atoms with van der Waals surface area (Å²) in [7, 11) is 0.630. The van der Waals surface area contributed by atoms with Crippen LogP contribution in [0.25, 0.3) is 11.3 Å². The standard InChI is InChI=1S/C22H33N5O4Si/c1-30-22(29)24-15-8-9-16-18(12-15)25-20(28)7-5-4-6-17(23)21-26-19(16)13-27(21)14-31-10-11-32(2)3/h8-9,12-13,17,32H,4-7,10-11,14,23H2,1-3H3,(H,24,29)(H,25,28)/t17-/m0/s1. The Kier molecular flexibility index (Phi) is 8.43. The molecule has 0 fully saturated rings. The van der Waals surface area contributed by atoms with Crippen LogP contribution in [0.2, 0.25) is 19.1 Å². The highest BCUT2D eigenvalue weighted by Gasteiger charge is 2.20. The Morgan fingerprint density at radius 1 is 1.38 bits per heavy atom. The van der Waals surface area contributed by atoms with Gasteiger partial charge in [0, 0.05) is 39.3 Å². The van der Waals surface area contributed by atoms with Crippen LogP contribution in [0.4, 0.5) is 16.2 Å². The molecule has 0 saturated heterocycles. The number of carbonyl (C=O) groups excluding carboxylic acids is 2. The van der Waals surface area contributed by atoms with Gasteiger partial charge in [0.2, 0.25) is 5.91 Å². The summed E-state index contributed by atoms with van der Waals surface area (Å²) in [6.07, 6.45) is 4.04. The number of amides is 2. The first kappa shape index (κ1) is 24.0. The Morgan fingerprint density at radius 2 is 2.19 bits per heavy atom. The first-order valence-electron chi connectivity index (χ1n) is 11.1. The summed E-state index contributed by atoms with van der Waals surface area (Å²) in [5.41, 5.74) is 9.00. The van der Waals surface area contributed by atoms with Gasteiger partial charge in [0.05, 0.1) is 24.5 Å². The van der Waals surface area contributed by atoms with Crippen LogP contribution in [0.3, 0.4) is 0 Å². The van der Waals surface area contributed by atoms with E-state index in [9.17, 15) is 9.59 Å². The zero-order valence-corrected chi connectivity index (χ0v) is 20.2. The average Bonchev–Trinajstić information content (AvgIpc) is 3.17. The Bertz CT molecular complexity index is 946. The fourth-order valence-corrected chi connectivity index (χ4v) is 4.19. The maximum Gasteiger partial charge on any atom is 0.411 e. The molecule has 1 aliphatic rings. The summed E-state index contributed by atoms with van der Waals surface area (Å²) in [5.74, 6) is 0.688. The predicted octanol–water partition coefficient (Wildman–Crippen LogP) is 3.70. The highest BCUT2D eigenvalue weighted by molar-refractivity contribution is 6.55. The van der Waals surface area contributed by atoms with E-state index in [-0.39, 0.29) is 11.9 Å². The monoisotopic (exact) mass is 459 g/mol. The van der Waals surface area contributed by atoms with E-state index in [1.165, 1.54) is 7.11 Å². The molecule has 0 aliphatic carbocycles. The zero-order valence-electron chi connectivity index (χ0n) is 19.0. The van der Waals surface area contributed by atoms with Gasteiger partial charge in [-0.15, -0.1) is 0 Å². The second-order valence-corrected chi connectivity index (χ2v) is 11.8. The number of hydrogen-bond acceptors (Lipinski definition) is 6. The lowest BCUT2D eigenvalue weighted by atomic mass is 10.1. The van der Waals surface area contributed by atoms with Gasteiger partial charge in [0.15, 0.2) is 0 Å². The molecule has 174 valence electrons. The van der Waals surface area contributed by atoms with Gasteiger partial charge in [-0.25, -0.2) is 9.78 Å². The lowest BCUT2D eigenvalue weighted by molar-refractivity contribution is -0.116. The average molecular weight is 460 g/mol. The number of anilines is 2. The highest BCUT2D eigenvalue weighted by atomic mass is 28.3. The Labute approximate surface area is 190 Å². The number of carbonyl (C=O) groups is 2. The second kappa shape index (κ2) is 11.3. The molecule has 3 rings (SSSR count). The molecule has 32 heavy (non-hydrogen) atoms. The Hall–Kier alpha value is -2.69. The van der Waals surface area contributed by atoms with Gasteiger partial charge in [-0.05, 0) is 37.1 Å². The number of nitrogens with two attached hydrogens (primary N) is 1. The molecule has 0 spiro atoms. The highest BCUT2D eigenvalue weighted by Crippen LogP contribution is 2.32. The van der Waals surface area contributed by atoms with E-state index < -0.39 is 14.9 Å². The number of aromatic nitrogens is 2. The number of fused-ring (bicyclic) bond motifs is 4. The van der Waals surface area contributed by atoms with Gasteiger partial charge < -0.3 is 25.1 Å². The van der Waals surface area contributed by atoms with Crippen molar-refractivity contribution in [3.05, 3.63) is 30.2 Å². The fourth-order valence-electron chi connectivity index (χ4n) is 3.55. The quantitative estimate of drug-likeness (QED) is 0.447. The minimum Gasteiger partial charge on any atom is -0.453 e. The van der Waals surface area contributed by atoms with Crippen LogP contribution in [0.5, 0.6) is 0 Å². The summed E-state index contributed by atoms with van der Waals surface area (Å²) < 4.78 is 12.5. The molecule has 1 aromatic carbocycles. The first-order chi connectivity index (χ1) is 15.4. The minimum atomic E-state index is -0.669. The van der Waals surface area contributed by atoms with E-state index in [1.807, 2.05) is 16.8 Å². The van der Waals surface area contributed by atoms with Gasteiger partial charge >= 0.3 is 6.09 Å². The van der Waals surface area contributed by atoms with Gasteiger partial charge in [0.25, 0.3) is 0 Å². The molecule has 1 aromatic heterocycles. The van der Waals surface area contributed by atoms with Crippen molar-refractivity contribution < 1.29 is 19.1 Å².